The van der Waals surface area contributed by atoms with E-state index in [1.807, 2.05) is 0 Å². The van der Waals surface area contributed by atoms with Gasteiger partial charge in [-0.3, -0.25) is 0 Å². The molecule has 2 aromatic heterocycles. The third-order valence-electron chi connectivity index (χ3n) is 1.45. The molecule has 0 aliphatic carbocycles. The second kappa shape index (κ2) is 2.83. The Morgan fingerprint density at radius 2 is 2.33 bits per heavy atom. The van der Waals surface area contributed by atoms with Gasteiger partial charge in [0.1, 0.15) is 6.61 Å². The van der Waals surface area contributed by atoms with Gasteiger partial charge in [-0.15, -0.1) is 0 Å². The first-order valence-electron chi connectivity index (χ1n) is 3.49. The summed E-state index contributed by atoms with van der Waals surface area (Å²) in [6.45, 7) is -0.194. The molecule has 0 aromatic carbocycles. The average Bonchev–Trinajstić information content (AvgIpc) is 2.75. The number of oxazole rings is 1. The highest BCUT2D eigenvalue weighted by Crippen LogP contribution is 2.20. The molecule has 0 atom stereocenters. The van der Waals surface area contributed by atoms with Crippen molar-refractivity contribution >= 4 is 0 Å². The van der Waals surface area contributed by atoms with Crippen molar-refractivity contribution in [1.29, 1.82) is 0 Å². The van der Waals surface area contributed by atoms with Crippen LogP contribution < -0.4 is 0 Å². The normalized spacial score (nSPS) is 10.4. The van der Waals surface area contributed by atoms with Crippen molar-refractivity contribution in [3.05, 3.63) is 30.5 Å². The standard InChI is InChI=1S/C8H7NO3/c10-5-8-9-4-7(12-8)6-2-1-3-11-6/h1-4,10H,5H2. The zero-order chi connectivity index (χ0) is 8.39. The summed E-state index contributed by atoms with van der Waals surface area (Å²) >= 11 is 0. The summed E-state index contributed by atoms with van der Waals surface area (Å²) in [5.74, 6) is 1.44. The van der Waals surface area contributed by atoms with Crippen LogP contribution in [0.5, 0.6) is 0 Å². The molecule has 1 N–H and O–H groups in total. The molecule has 2 rings (SSSR count). The van der Waals surface area contributed by atoms with Crippen molar-refractivity contribution < 1.29 is 13.9 Å². The molecule has 0 amide bonds. The first-order valence-corrected chi connectivity index (χ1v) is 3.49. The molecule has 2 heterocycles. The first kappa shape index (κ1) is 7.12. The molecule has 0 saturated heterocycles. The van der Waals surface area contributed by atoms with Gasteiger partial charge in [-0.25, -0.2) is 4.98 Å². The highest BCUT2D eigenvalue weighted by molar-refractivity contribution is 5.47. The lowest BCUT2D eigenvalue weighted by molar-refractivity contribution is 0.241. The minimum atomic E-state index is -0.194. The third-order valence-corrected chi connectivity index (χ3v) is 1.45. The molecule has 62 valence electrons. The van der Waals surface area contributed by atoms with Crippen LogP contribution in [0, 0.1) is 0 Å². The summed E-state index contributed by atoms with van der Waals surface area (Å²) in [6.07, 6.45) is 3.07. The van der Waals surface area contributed by atoms with Gasteiger partial charge in [0.15, 0.2) is 11.5 Å². The Morgan fingerprint density at radius 1 is 1.42 bits per heavy atom. The van der Waals surface area contributed by atoms with Gasteiger partial charge < -0.3 is 13.9 Å². The summed E-state index contributed by atoms with van der Waals surface area (Å²) < 4.78 is 10.2. The zero-order valence-electron chi connectivity index (χ0n) is 6.23. The Kier molecular flexibility index (Phi) is 1.68. The molecule has 0 radical (unpaired) electrons. The van der Waals surface area contributed by atoms with Gasteiger partial charge in [0.05, 0.1) is 12.5 Å². The van der Waals surface area contributed by atoms with Gasteiger partial charge in [0.25, 0.3) is 0 Å². The van der Waals surface area contributed by atoms with E-state index in [0.717, 1.165) is 0 Å². The van der Waals surface area contributed by atoms with Gasteiger partial charge >= 0.3 is 0 Å². The Balaban J connectivity index is 2.35. The topological polar surface area (TPSA) is 59.4 Å². The van der Waals surface area contributed by atoms with Crippen molar-refractivity contribution in [3.63, 3.8) is 0 Å². The van der Waals surface area contributed by atoms with Crippen molar-refractivity contribution in [3.8, 4) is 11.5 Å². The van der Waals surface area contributed by atoms with E-state index < -0.39 is 0 Å². The summed E-state index contributed by atoms with van der Waals surface area (Å²) in [6, 6.07) is 3.53. The van der Waals surface area contributed by atoms with Crippen LogP contribution in [0.3, 0.4) is 0 Å². The van der Waals surface area contributed by atoms with E-state index >= 15 is 0 Å². The predicted molar refractivity (Wildman–Crippen MR) is 40.1 cm³/mol. The van der Waals surface area contributed by atoms with Crippen molar-refractivity contribution in [2.75, 3.05) is 0 Å². The zero-order valence-corrected chi connectivity index (χ0v) is 6.23. The smallest absolute Gasteiger partial charge is 0.220 e. The van der Waals surface area contributed by atoms with Gasteiger partial charge in [-0.05, 0) is 12.1 Å². The van der Waals surface area contributed by atoms with E-state index in [1.54, 1.807) is 18.4 Å². The minimum absolute atomic E-state index is 0.194. The van der Waals surface area contributed by atoms with Gasteiger partial charge in [-0.2, -0.15) is 0 Å². The van der Waals surface area contributed by atoms with Gasteiger partial charge in [-0.1, -0.05) is 0 Å². The number of aromatic nitrogens is 1. The average molecular weight is 165 g/mol. The molecule has 0 spiro atoms. The maximum absolute atomic E-state index is 8.66. The van der Waals surface area contributed by atoms with Gasteiger partial charge in [0, 0.05) is 0 Å². The van der Waals surface area contributed by atoms with Crippen LogP contribution in [0.15, 0.2) is 33.4 Å². The Morgan fingerprint density at radius 3 is 2.92 bits per heavy atom. The fraction of sp³-hybridized carbons (Fsp3) is 0.125. The maximum atomic E-state index is 8.66. The number of aliphatic hydroxyl groups excluding tert-OH is 1. The molecular weight excluding hydrogens is 158 g/mol. The highest BCUT2D eigenvalue weighted by atomic mass is 16.4. The molecule has 12 heavy (non-hydrogen) atoms. The van der Waals surface area contributed by atoms with Crippen LogP contribution in [0.2, 0.25) is 0 Å². The van der Waals surface area contributed by atoms with E-state index in [9.17, 15) is 0 Å². The van der Waals surface area contributed by atoms with E-state index in [-0.39, 0.29) is 6.61 Å². The molecule has 4 nitrogen and oxygen atoms in total. The summed E-state index contributed by atoms with van der Waals surface area (Å²) in [5, 5.41) is 8.66. The van der Waals surface area contributed by atoms with Crippen molar-refractivity contribution in [2.24, 2.45) is 0 Å². The van der Waals surface area contributed by atoms with E-state index in [2.05, 4.69) is 4.98 Å². The highest BCUT2D eigenvalue weighted by Gasteiger charge is 2.06. The molecule has 4 heteroatoms. The largest absolute Gasteiger partial charge is 0.461 e. The number of hydrogen-bond donors (Lipinski definition) is 1. The number of aliphatic hydroxyl groups is 1. The molecule has 0 unspecified atom stereocenters. The molecular formula is C8H7NO3. The van der Waals surface area contributed by atoms with Crippen LogP contribution in [0.4, 0.5) is 0 Å². The number of hydrogen-bond acceptors (Lipinski definition) is 4. The van der Waals surface area contributed by atoms with Crippen LogP contribution in [-0.2, 0) is 6.61 Å². The molecule has 0 aliphatic heterocycles. The van der Waals surface area contributed by atoms with Crippen LogP contribution in [0.25, 0.3) is 11.5 Å². The predicted octanol–water partition coefficient (Wildman–Crippen LogP) is 1.43. The Labute approximate surface area is 68.5 Å². The quantitative estimate of drug-likeness (QED) is 0.731. The van der Waals surface area contributed by atoms with Crippen LogP contribution in [-0.4, -0.2) is 10.1 Å². The molecule has 0 bridgehead atoms. The molecule has 0 fully saturated rings. The second-order valence-corrected chi connectivity index (χ2v) is 2.25. The maximum Gasteiger partial charge on any atom is 0.220 e. The van der Waals surface area contributed by atoms with E-state index in [4.69, 9.17) is 13.9 Å². The SMILES string of the molecule is OCc1ncc(-c2ccco2)o1. The monoisotopic (exact) mass is 165 g/mol. The van der Waals surface area contributed by atoms with E-state index in [0.29, 0.717) is 17.4 Å². The number of furan rings is 1. The molecule has 2 aromatic rings. The molecule has 0 saturated carbocycles. The Bertz CT molecular complexity index is 350. The fourth-order valence-corrected chi connectivity index (χ4v) is 0.916. The van der Waals surface area contributed by atoms with Gasteiger partial charge in [0.2, 0.25) is 5.89 Å². The lowest BCUT2D eigenvalue weighted by atomic mass is 10.4. The van der Waals surface area contributed by atoms with Crippen LogP contribution in [0.1, 0.15) is 5.89 Å². The van der Waals surface area contributed by atoms with Crippen LogP contribution >= 0.6 is 0 Å². The summed E-state index contributed by atoms with van der Waals surface area (Å²) in [7, 11) is 0. The van der Waals surface area contributed by atoms with E-state index in [1.165, 1.54) is 6.20 Å². The number of rotatable bonds is 2. The first-order chi connectivity index (χ1) is 5.90. The van der Waals surface area contributed by atoms with Crippen molar-refractivity contribution in [2.45, 2.75) is 6.61 Å². The Hall–Kier alpha value is -1.55. The number of nitrogens with zero attached hydrogens (tertiary/aromatic N) is 1. The fourth-order valence-electron chi connectivity index (χ4n) is 0.916. The molecule has 0 aliphatic rings. The summed E-state index contributed by atoms with van der Waals surface area (Å²) in [4.78, 5) is 3.81. The summed E-state index contributed by atoms with van der Waals surface area (Å²) in [5.41, 5.74) is 0. The lowest BCUT2D eigenvalue weighted by Gasteiger charge is -1.86. The third kappa shape index (κ3) is 1.12. The second-order valence-electron chi connectivity index (χ2n) is 2.25. The minimum Gasteiger partial charge on any atom is -0.461 e. The van der Waals surface area contributed by atoms with Crippen molar-refractivity contribution in [1.82, 2.24) is 4.98 Å². The lowest BCUT2D eigenvalue weighted by Crippen LogP contribution is -1.78.